The summed E-state index contributed by atoms with van der Waals surface area (Å²) < 4.78 is 13.7. The Morgan fingerprint density at radius 2 is 1.85 bits per heavy atom. The van der Waals surface area contributed by atoms with Crippen LogP contribution in [0.1, 0.15) is 35.7 Å². The maximum Gasteiger partial charge on any atom is 0.124 e. The molecule has 1 fully saturated rings. The second kappa shape index (κ2) is 12.4. The normalized spacial score (nSPS) is 16.0. The van der Waals surface area contributed by atoms with E-state index in [1.165, 1.54) is 0 Å². The molecule has 200 valence electrons. The van der Waals surface area contributed by atoms with Crippen LogP contribution in [0.2, 0.25) is 10.0 Å². The molecule has 0 aliphatic carbocycles. The van der Waals surface area contributed by atoms with Gasteiger partial charge in [0.25, 0.3) is 0 Å². The molecular weight excluding hydrogens is 667 g/mol. The molecule has 4 heterocycles. The van der Waals surface area contributed by atoms with Crippen molar-refractivity contribution in [2.45, 2.75) is 18.4 Å². The first-order chi connectivity index (χ1) is 18.8. The molecule has 8 nitrogen and oxygen atoms in total. The lowest BCUT2D eigenvalue weighted by Gasteiger charge is -2.40. The molecule has 39 heavy (non-hydrogen) atoms. The third-order valence-corrected chi connectivity index (χ3v) is 9.37. The third kappa shape index (κ3) is 6.29. The summed E-state index contributed by atoms with van der Waals surface area (Å²) in [7, 11) is 4.36. The van der Waals surface area contributed by atoms with Gasteiger partial charge in [0.2, 0.25) is 0 Å². The Labute approximate surface area is 254 Å². The van der Waals surface area contributed by atoms with E-state index in [-0.39, 0.29) is 11.4 Å². The van der Waals surface area contributed by atoms with Gasteiger partial charge in [-0.25, -0.2) is 4.45 Å². The van der Waals surface area contributed by atoms with E-state index in [0.717, 1.165) is 54.3 Å². The lowest BCUT2D eigenvalue weighted by atomic mass is 9.58. The van der Waals surface area contributed by atoms with Gasteiger partial charge in [0.15, 0.2) is 0 Å². The molecule has 0 radical (unpaired) electrons. The lowest BCUT2D eigenvalue weighted by Crippen LogP contribution is -2.52. The van der Waals surface area contributed by atoms with E-state index in [2.05, 4.69) is 57.8 Å². The van der Waals surface area contributed by atoms with Crippen LogP contribution < -0.4 is 4.74 Å². The quantitative estimate of drug-likeness (QED) is 0.155. The molecule has 3 aromatic heterocycles. The molecule has 0 amide bonds. The molecule has 4 aromatic rings. The number of hydrogen-bond donors (Lipinski definition) is 0. The van der Waals surface area contributed by atoms with E-state index in [0.29, 0.717) is 27.7 Å². The van der Waals surface area contributed by atoms with Gasteiger partial charge in [0.05, 0.1) is 52.2 Å². The first-order valence-corrected chi connectivity index (χ1v) is 17.3. The van der Waals surface area contributed by atoms with Crippen molar-refractivity contribution in [1.82, 2.24) is 29.6 Å². The Balaban J connectivity index is 1.38. The molecule has 2 unspecified atom stereocenters. The lowest BCUT2D eigenvalue weighted by molar-refractivity contribution is 0.0216. The average Bonchev–Trinajstić information content (AvgIpc) is 3.29. The smallest absolute Gasteiger partial charge is 0.124 e. The van der Waals surface area contributed by atoms with E-state index < -0.39 is 0 Å². The van der Waals surface area contributed by atoms with Crippen LogP contribution in [-0.2, 0) is 10.1 Å². The van der Waals surface area contributed by atoms with Gasteiger partial charge in [-0.3, -0.25) is 4.98 Å². The number of hydrogen-bond acceptors (Lipinski definition) is 7. The van der Waals surface area contributed by atoms with Crippen molar-refractivity contribution in [3.05, 3.63) is 75.4 Å². The van der Waals surface area contributed by atoms with Crippen LogP contribution in [0.3, 0.4) is 0 Å². The van der Waals surface area contributed by atoms with Gasteiger partial charge in [0.1, 0.15) is 27.5 Å². The maximum absolute atomic E-state index is 6.34. The predicted octanol–water partition coefficient (Wildman–Crippen LogP) is 4.34. The molecule has 1 saturated heterocycles. The zero-order valence-electron chi connectivity index (χ0n) is 21.7. The largest absolute Gasteiger partial charge is 0.486 e. The summed E-state index contributed by atoms with van der Waals surface area (Å²) in [6.45, 7) is 5.17. The fourth-order valence-corrected chi connectivity index (χ4v) is 6.87. The molecule has 0 N–H and O–H groups in total. The molecule has 2 atom stereocenters. The average molecular weight is 693 g/mol. The van der Waals surface area contributed by atoms with Gasteiger partial charge in [-0.1, -0.05) is 23.2 Å². The maximum atomic E-state index is 6.34. The Hall–Kier alpha value is -1.75. The number of fused-ring (bicyclic) bond motifs is 1. The number of nitrogens with zero attached hydrogens (tertiary/aromatic N) is 6. The number of morpholine rings is 1. The highest BCUT2D eigenvalue weighted by Gasteiger charge is 2.31. The second-order valence-corrected chi connectivity index (χ2v) is 12.5. The number of halogens is 3. The number of pyridine rings is 1. The number of benzene rings is 1. The highest BCUT2D eigenvalue weighted by atomic mass is 127. The molecule has 5 rings (SSSR count). The number of aromatic nitrogens is 5. The fraction of sp³-hybridized carbons (Fsp3) is 0.280. The second-order valence-electron chi connectivity index (χ2n) is 9.67. The van der Waals surface area contributed by atoms with Crippen LogP contribution in [0.5, 0.6) is 5.75 Å². The summed E-state index contributed by atoms with van der Waals surface area (Å²) in [4.78, 5) is 6.41. The summed E-state index contributed by atoms with van der Waals surface area (Å²) in [6, 6.07) is 10.00. The number of rotatable bonds is 8. The van der Waals surface area contributed by atoms with E-state index in [1.807, 2.05) is 53.9 Å². The van der Waals surface area contributed by atoms with E-state index in [9.17, 15) is 0 Å². The van der Waals surface area contributed by atoms with E-state index >= 15 is 0 Å². The molecule has 0 bridgehead atoms. The van der Waals surface area contributed by atoms with E-state index in [4.69, 9.17) is 37.8 Å². The predicted molar refractivity (Wildman–Crippen MR) is 173 cm³/mol. The molecule has 0 saturated carbocycles. The van der Waals surface area contributed by atoms with Gasteiger partial charge in [-0.2, -0.15) is 15.3 Å². The van der Waals surface area contributed by atoms with Crippen molar-refractivity contribution in [3.63, 3.8) is 0 Å². The summed E-state index contributed by atoms with van der Waals surface area (Å²) >= 11 is 15.0. The fourth-order valence-electron chi connectivity index (χ4n) is 4.66. The zero-order chi connectivity index (χ0) is 27.6. The van der Waals surface area contributed by atoms with Crippen LogP contribution in [0.4, 0.5) is 0 Å². The van der Waals surface area contributed by atoms with E-state index in [1.54, 1.807) is 12.4 Å². The monoisotopic (exact) mass is 692 g/mol. The summed E-state index contributed by atoms with van der Waals surface area (Å²) in [5.74, 6) is 0.694. The van der Waals surface area contributed by atoms with Crippen molar-refractivity contribution < 1.29 is 9.47 Å². The minimum absolute atomic E-state index is 0.215. The van der Waals surface area contributed by atoms with Gasteiger partial charge in [-0.15, -0.1) is 0 Å². The highest BCUT2D eigenvalue weighted by Crippen LogP contribution is 2.36. The topological polar surface area (TPSA) is 78.2 Å². The molecule has 0 spiro atoms. The minimum Gasteiger partial charge on any atom is -0.486 e. The van der Waals surface area contributed by atoms with Crippen molar-refractivity contribution in [2.75, 3.05) is 26.3 Å². The van der Waals surface area contributed by atoms with Crippen molar-refractivity contribution in [3.8, 4) is 5.75 Å². The highest BCUT2D eigenvalue weighted by molar-refractivity contribution is 14.2. The zero-order valence-corrected chi connectivity index (χ0v) is 26.4. The Kier molecular flexibility index (Phi) is 9.15. The SMILES string of the molecule is BC(B)(c1ccc(/C=C/c2nn(PI)c3ccc(OC(C)c4c(Cl)cncc4Cl)cc23)nn1)N1CCOCC1. The van der Waals surface area contributed by atoms with Crippen LogP contribution in [0.25, 0.3) is 23.1 Å². The van der Waals surface area contributed by atoms with Gasteiger partial charge < -0.3 is 14.4 Å². The standard InChI is InChI=1S/C25H26B2Cl2IN6O2P/c1-15(24-19(28)13-31-14-20(24)29)38-17-4-6-22-18(12-17)21(34-36(22)39-30)5-2-16-3-7-23(33-32-16)25(26,27)35-8-10-37-11-9-35/h2-7,12-15,39H,8-11,26-27H2,1H3/b5-2+. The Morgan fingerprint density at radius 1 is 1.10 bits per heavy atom. The van der Waals surface area contributed by atoms with Crippen molar-refractivity contribution in [2.24, 2.45) is 0 Å². The first-order valence-electron chi connectivity index (χ1n) is 12.5. The molecule has 1 aromatic carbocycles. The van der Waals surface area contributed by atoms with Crippen molar-refractivity contribution >= 4 is 90.4 Å². The van der Waals surface area contributed by atoms with Gasteiger partial charge in [-0.05, 0) is 71.4 Å². The van der Waals surface area contributed by atoms with Crippen molar-refractivity contribution in [1.29, 1.82) is 0 Å². The Bertz CT molecular complexity index is 1480. The van der Waals surface area contributed by atoms with Crippen LogP contribution in [-0.4, -0.2) is 71.6 Å². The summed E-state index contributed by atoms with van der Waals surface area (Å²) in [5.41, 5.74) is 4.26. The summed E-state index contributed by atoms with van der Waals surface area (Å²) in [5, 5.41) is 15.6. The third-order valence-electron chi connectivity index (χ3n) is 6.90. The van der Waals surface area contributed by atoms with Crippen LogP contribution in [0, 0.1) is 0 Å². The van der Waals surface area contributed by atoms with Crippen LogP contribution in [0.15, 0.2) is 42.7 Å². The van der Waals surface area contributed by atoms with Gasteiger partial charge in [0, 0.05) is 41.8 Å². The molecule has 14 heteroatoms. The molecule has 1 aliphatic heterocycles. The molecule has 1 aliphatic rings. The number of ether oxygens (including phenoxy) is 2. The summed E-state index contributed by atoms with van der Waals surface area (Å²) in [6.07, 6.45) is 7.14. The van der Waals surface area contributed by atoms with Crippen LogP contribution >= 0.6 is 51.6 Å². The Morgan fingerprint density at radius 3 is 2.51 bits per heavy atom. The molecular formula is C25H26B2Cl2IN6O2P. The first kappa shape index (κ1) is 28.8. The van der Waals surface area contributed by atoms with Gasteiger partial charge >= 0.3 is 0 Å². The minimum atomic E-state index is -0.360.